The lowest BCUT2D eigenvalue weighted by molar-refractivity contribution is 0.500. The summed E-state index contributed by atoms with van der Waals surface area (Å²) in [6.07, 6.45) is 2.42. The first-order chi connectivity index (χ1) is 8.68. The molecule has 0 fully saturated rings. The van der Waals surface area contributed by atoms with Crippen LogP contribution in [-0.2, 0) is 5.41 Å². The SMILES string of the molecule is CCSCCCC(CBr)(CBr)c1cccc(Cl)c1. The van der Waals surface area contributed by atoms with Crippen LogP contribution in [0.15, 0.2) is 24.3 Å². The summed E-state index contributed by atoms with van der Waals surface area (Å²) in [5.74, 6) is 2.44. The van der Waals surface area contributed by atoms with Gasteiger partial charge in [-0.25, -0.2) is 0 Å². The van der Waals surface area contributed by atoms with Crippen LogP contribution in [0.25, 0.3) is 0 Å². The number of hydrogen-bond acceptors (Lipinski definition) is 1. The fourth-order valence-corrected chi connectivity index (χ4v) is 4.91. The molecule has 0 saturated heterocycles. The molecule has 0 aliphatic rings. The van der Waals surface area contributed by atoms with Gasteiger partial charge in [0.2, 0.25) is 0 Å². The average Bonchev–Trinajstić information content (AvgIpc) is 2.40. The van der Waals surface area contributed by atoms with E-state index < -0.39 is 0 Å². The van der Waals surface area contributed by atoms with E-state index in [-0.39, 0.29) is 5.41 Å². The van der Waals surface area contributed by atoms with Crippen LogP contribution in [0.2, 0.25) is 5.02 Å². The molecule has 0 N–H and O–H groups in total. The predicted octanol–water partition coefficient (Wildman–Crippen LogP) is 5.90. The van der Waals surface area contributed by atoms with Gasteiger partial charge in [-0.05, 0) is 42.0 Å². The molecule has 0 aliphatic carbocycles. The van der Waals surface area contributed by atoms with Gasteiger partial charge in [-0.2, -0.15) is 11.8 Å². The summed E-state index contributed by atoms with van der Waals surface area (Å²) in [4.78, 5) is 0. The van der Waals surface area contributed by atoms with Gasteiger partial charge in [0.05, 0.1) is 0 Å². The van der Waals surface area contributed by atoms with E-state index in [1.165, 1.54) is 29.9 Å². The Kier molecular flexibility index (Phi) is 8.33. The van der Waals surface area contributed by atoms with Gasteiger partial charge in [0, 0.05) is 21.1 Å². The molecule has 0 aromatic heterocycles. The normalized spacial score (nSPS) is 11.8. The Morgan fingerprint density at radius 1 is 1.28 bits per heavy atom. The van der Waals surface area contributed by atoms with Gasteiger partial charge in [-0.15, -0.1) is 0 Å². The Balaban J connectivity index is 2.79. The average molecular weight is 415 g/mol. The molecule has 0 spiro atoms. The molecule has 102 valence electrons. The number of rotatable bonds is 8. The van der Waals surface area contributed by atoms with Crippen molar-refractivity contribution in [2.24, 2.45) is 0 Å². The van der Waals surface area contributed by atoms with Crippen molar-refractivity contribution in [2.75, 3.05) is 22.2 Å². The molecule has 18 heavy (non-hydrogen) atoms. The van der Waals surface area contributed by atoms with Gasteiger partial charge in [0.15, 0.2) is 0 Å². The van der Waals surface area contributed by atoms with E-state index in [9.17, 15) is 0 Å². The van der Waals surface area contributed by atoms with Crippen molar-refractivity contribution in [3.63, 3.8) is 0 Å². The van der Waals surface area contributed by atoms with Crippen molar-refractivity contribution in [3.05, 3.63) is 34.9 Å². The van der Waals surface area contributed by atoms with E-state index in [4.69, 9.17) is 11.6 Å². The van der Waals surface area contributed by atoms with Crippen molar-refractivity contribution in [1.29, 1.82) is 0 Å². The molecule has 0 heterocycles. The molecule has 1 rings (SSSR count). The van der Waals surface area contributed by atoms with Crippen LogP contribution in [0.4, 0.5) is 0 Å². The maximum atomic E-state index is 6.11. The predicted molar refractivity (Wildman–Crippen MR) is 93.0 cm³/mol. The zero-order valence-corrected chi connectivity index (χ0v) is 15.3. The molecule has 0 aliphatic heterocycles. The van der Waals surface area contributed by atoms with E-state index in [2.05, 4.69) is 50.9 Å². The quantitative estimate of drug-likeness (QED) is 0.377. The fourth-order valence-electron chi connectivity index (χ4n) is 1.94. The van der Waals surface area contributed by atoms with E-state index >= 15 is 0 Å². The highest BCUT2D eigenvalue weighted by Crippen LogP contribution is 2.35. The minimum absolute atomic E-state index is 0.152. The Morgan fingerprint density at radius 2 is 2.00 bits per heavy atom. The van der Waals surface area contributed by atoms with Crippen LogP contribution in [0.3, 0.4) is 0 Å². The lowest BCUT2D eigenvalue weighted by Crippen LogP contribution is -2.30. The van der Waals surface area contributed by atoms with Gasteiger partial charge in [0.1, 0.15) is 0 Å². The van der Waals surface area contributed by atoms with Gasteiger partial charge in [-0.1, -0.05) is 62.5 Å². The van der Waals surface area contributed by atoms with Crippen LogP contribution < -0.4 is 0 Å². The Hall–Kier alpha value is 0.820. The monoisotopic (exact) mass is 412 g/mol. The number of alkyl halides is 2. The van der Waals surface area contributed by atoms with Gasteiger partial charge in [-0.3, -0.25) is 0 Å². The maximum absolute atomic E-state index is 6.11. The third-order valence-electron chi connectivity index (χ3n) is 3.10. The molecule has 1 aromatic carbocycles. The largest absolute Gasteiger partial charge is 0.162 e. The summed E-state index contributed by atoms with van der Waals surface area (Å²) >= 11 is 15.5. The topological polar surface area (TPSA) is 0 Å². The summed E-state index contributed by atoms with van der Waals surface area (Å²) in [5.41, 5.74) is 1.48. The zero-order valence-electron chi connectivity index (χ0n) is 10.6. The van der Waals surface area contributed by atoms with Crippen LogP contribution >= 0.6 is 55.2 Å². The Bertz CT molecular complexity index is 353. The highest BCUT2D eigenvalue weighted by Gasteiger charge is 2.29. The number of benzene rings is 1. The second-order valence-corrected chi connectivity index (χ2v) is 7.31. The van der Waals surface area contributed by atoms with E-state index in [0.29, 0.717) is 0 Å². The molecular formula is C14H19Br2ClS. The van der Waals surface area contributed by atoms with E-state index in [0.717, 1.165) is 15.7 Å². The number of thioether (sulfide) groups is 1. The van der Waals surface area contributed by atoms with Crippen molar-refractivity contribution in [1.82, 2.24) is 0 Å². The first-order valence-corrected chi connectivity index (χ1v) is 9.92. The molecule has 0 bridgehead atoms. The molecule has 0 atom stereocenters. The maximum Gasteiger partial charge on any atom is 0.0408 e. The van der Waals surface area contributed by atoms with Crippen molar-refractivity contribution in [3.8, 4) is 0 Å². The third kappa shape index (κ3) is 4.73. The van der Waals surface area contributed by atoms with Crippen LogP contribution in [0.5, 0.6) is 0 Å². The van der Waals surface area contributed by atoms with Crippen LogP contribution in [0, 0.1) is 0 Å². The minimum atomic E-state index is 0.152. The summed E-state index contributed by atoms with van der Waals surface area (Å²) in [6.45, 7) is 2.21. The third-order valence-corrected chi connectivity index (χ3v) is 6.46. The Morgan fingerprint density at radius 3 is 2.56 bits per heavy atom. The lowest BCUT2D eigenvalue weighted by atomic mass is 9.80. The summed E-state index contributed by atoms with van der Waals surface area (Å²) in [5, 5.41) is 2.74. The van der Waals surface area contributed by atoms with Crippen molar-refractivity contribution in [2.45, 2.75) is 25.2 Å². The van der Waals surface area contributed by atoms with Crippen molar-refractivity contribution < 1.29 is 0 Å². The molecule has 0 amide bonds. The van der Waals surface area contributed by atoms with Gasteiger partial charge < -0.3 is 0 Å². The minimum Gasteiger partial charge on any atom is -0.162 e. The summed E-state index contributed by atoms with van der Waals surface area (Å²) < 4.78 is 0. The first kappa shape index (κ1) is 16.9. The molecule has 0 unspecified atom stereocenters. The van der Waals surface area contributed by atoms with E-state index in [1.54, 1.807) is 0 Å². The molecule has 0 nitrogen and oxygen atoms in total. The highest BCUT2D eigenvalue weighted by atomic mass is 79.9. The molecule has 0 radical (unpaired) electrons. The second kappa shape index (κ2) is 8.89. The molecular weight excluding hydrogens is 395 g/mol. The molecule has 1 aromatic rings. The smallest absolute Gasteiger partial charge is 0.0408 e. The standard InChI is InChI=1S/C14H19Br2ClS/c1-2-18-8-4-7-14(10-15,11-16)12-5-3-6-13(17)9-12/h3,5-6,9H,2,4,7-8,10-11H2,1H3. The van der Waals surface area contributed by atoms with Crippen LogP contribution in [-0.4, -0.2) is 22.2 Å². The summed E-state index contributed by atoms with van der Waals surface area (Å²) in [7, 11) is 0. The van der Waals surface area contributed by atoms with Crippen LogP contribution in [0.1, 0.15) is 25.3 Å². The number of hydrogen-bond donors (Lipinski definition) is 0. The fraction of sp³-hybridized carbons (Fsp3) is 0.571. The summed E-state index contributed by atoms with van der Waals surface area (Å²) in [6, 6.07) is 8.25. The van der Waals surface area contributed by atoms with Crippen molar-refractivity contribution >= 4 is 55.2 Å². The highest BCUT2D eigenvalue weighted by molar-refractivity contribution is 9.09. The second-order valence-electron chi connectivity index (χ2n) is 4.36. The molecule has 0 saturated carbocycles. The lowest BCUT2D eigenvalue weighted by Gasteiger charge is -2.31. The first-order valence-electron chi connectivity index (χ1n) is 6.14. The molecule has 4 heteroatoms. The van der Waals surface area contributed by atoms with Gasteiger partial charge in [0.25, 0.3) is 0 Å². The van der Waals surface area contributed by atoms with Gasteiger partial charge >= 0.3 is 0 Å². The Labute approximate surface area is 137 Å². The number of halogens is 3. The zero-order chi connectivity index (χ0) is 13.4. The van der Waals surface area contributed by atoms with E-state index in [1.807, 2.05) is 23.9 Å².